The number of esters is 1. The van der Waals surface area contributed by atoms with Crippen LogP contribution in [0.1, 0.15) is 26.3 Å². The molecule has 0 saturated carbocycles. The van der Waals surface area contributed by atoms with E-state index >= 15 is 0 Å². The highest BCUT2D eigenvalue weighted by molar-refractivity contribution is 7.89. The monoisotopic (exact) mass is 327 g/mol. The number of rotatable bonds is 6. The van der Waals surface area contributed by atoms with E-state index in [-0.39, 0.29) is 23.1 Å². The fraction of sp³-hybridized carbons (Fsp3) is 0.533. The third-order valence-corrected chi connectivity index (χ3v) is 5.12. The highest BCUT2D eigenvalue weighted by Gasteiger charge is 2.48. The van der Waals surface area contributed by atoms with Gasteiger partial charge in [-0.1, -0.05) is 17.7 Å². The van der Waals surface area contributed by atoms with Gasteiger partial charge in [0.25, 0.3) is 0 Å². The summed E-state index contributed by atoms with van der Waals surface area (Å²) in [5, 5.41) is 0. The first-order valence-corrected chi connectivity index (χ1v) is 8.60. The Morgan fingerprint density at radius 1 is 1.23 bits per heavy atom. The first kappa shape index (κ1) is 16.9. The van der Waals surface area contributed by atoms with Crippen molar-refractivity contribution in [2.75, 3.05) is 0 Å². The van der Waals surface area contributed by atoms with Crippen molar-refractivity contribution in [3.8, 4) is 0 Å². The van der Waals surface area contributed by atoms with Gasteiger partial charge in [0.05, 0.1) is 4.90 Å². The second kappa shape index (κ2) is 6.36. The van der Waals surface area contributed by atoms with Crippen LogP contribution in [0.5, 0.6) is 0 Å². The van der Waals surface area contributed by atoms with Crippen LogP contribution in [0.4, 0.5) is 0 Å². The average molecular weight is 327 g/mol. The van der Waals surface area contributed by atoms with Crippen LogP contribution in [0.25, 0.3) is 0 Å². The standard InChI is InChI=1S/C15H21NO5S/c1-9-5-7-13(8-6-9)22(18,19)16-10(2)14-15(21-14)11(3)20-12(4)17/h5-8,10-11,14-16H,1-4H3/t10-,11-,14-,15-/m0/s1. The lowest BCUT2D eigenvalue weighted by molar-refractivity contribution is -0.146. The molecule has 6 nitrogen and oxygen atoms in total. The molecule has 0 radical (unpaired) electrons. The molecule has 0 spiro atoms. The fourth-order valence-corrected chi connectivity index (χ4v) is 3.60. The van der Waals surface area contributed by atoms with E-state index in [0.29, 0.717) is 0 Å². The quantitative estimate of drug-likeness (QED) is 0.630. The number of sulfonamides is 1. The number of carbonyl (C=O) groups excluding carboxylic acids is 1. The van der Waals surface area contributed by atoms with Crippen molar-refractivity contribution in [1.29, 1.82) is 0 Å². The molecule has 2 rings (SSSR count). The second-order valence-corrected chi connectivity index (χ2v) is 7.32. The zero-order valence-corrected chi connectivity index (χ0v) is 13.9. The Morgan fingerprint density at radius 2 is 1.82 bits per heavy atom. The highest BCUT2D eigenvalue weighted by atomic mass is 32.2. The van der Waals surface area contributed by atoms with Gasteiger partial charge in [-0.25, -0.2) is 13.1 Å². The number of carbonyl (C=O) groups is 1. The molecule has 1 aliphatic rings. The molecule has 1 aromatic carbocycles. The van der Waals surface area contributed by atoms with E-state index in [1.807, 2.05) is 6.92 Å². The molecule has 0 amide bonds. The SMILES string of the molecule is CC(=O)O[C@@H](C)[C@@H]1O[C@H]1[C@H](C)NS(=O)(=O)c1ccc(C)cc1. The summed E-state index contributed by atoms with van der Waals surface area (Å²) >= 11 is 0. The summed E-state index contributed by atoms with van der Waals surface area (Å²) in [6.07, 6.45) is -0.969. The molecule has 1 heterocycles. The zero-order chi connectivity index (χ0) is 16.5. The van der Waals surface area contributed by atoms with Gasteiger partial charge in [-0.2, -0.15) is 0 Å². The average Bonchev–Trinajstić information content (AvgIpc) is 3.18. The van der Waals surface area contributed by atoms with Crippen molar-refractivity contribution in [1.82, 2.24) is 4.72 Å². The molecule has 122 valence electrons. The lowest BCUT2D eigenvalue weighted by Gasteiger charge is -2.14. The molecule has 0 bridgehead atoms. The minimum Gasteiger partial charge on any atom is -0.460 e. The molecule has 1 N–H and O–H groups in total. The third kappa shape index (κ3) is 4.06. The lowest BCUT2D eigenvalue weighted by atomic mass is 10.1. The van der Waals surface area contributed by atoms with Gasteiger partial charge in [0, 0.05) is 13.0 Å². The summed E-state index contributed by atoms with van der Waals surface area (Å²) in [5.41, 5.74) is 0.993. The Bertz CT molecular complexity index is 640. The summed E-state index contributed by atoms with van der Waals surface area (Å²) in [6, 6.07) is 6.22. The highest BCUT2D eigenvalue weighted by Crippen LogP contribution is 2.30. The number of nitrogens with one attached hydrogen (secondary N) is 1. The summed E-state index contributed by atoms with van der Waals surface area (Å²) in [5.74, 6) is -0.380. The predicted molar refractivity (Wildman–Crippen MR) is 80.9 cm³/mol. The number of epoxide rings is 1. The van der Waals surface area contributed by atoms with Crippen LogP contribution < -0.4 is 4.72 Å². The van der Waals surface area contributed by atoms with Crippen molar-refractivity contribution < 1.29 is 22.7 Å². The van der Waals surface area contributed by atoms with Gasteiger partial charge in [0.2, 0.25) is 10.0 Å². The van der Waals surface area contributed by atoms with Crippen molar-refractivity contribution >= 4 is 16.0 Å². The smallest absolute Gasteiger partial charge is 0.302 e. The molecule has 0 aliphatic carbocycles. The minimum atomic E-state index is -3.59. The van der Waals surface area contributed by atoms with Crippen LogP contribution in [0.3, 0.4) is 0 Å². The van der Waals surface area contributed by atoms with Crippen LogP contribution in [0, 0.1) is 6.92 Å². The fourth-order valence-electron chi connectivity index (χ4n) is 2.34. The lowest BCUT2D eigenvalue weighted by Crippen LogP contribution is -2.38. The van der Waals surface area contributed by atoms with Crippen molar-refractivity contribution in [2.24, 2.45) is 0 Å². The van der Waals surface area contributed by atoms with Crippen LogP contribution in [-0.4, -0.2) is 38.7 Å². The van der Waals surface area contributed by atoms with Crippen LogP contribution in [0.15, 0.2) is 29.2 Å². The van der Waals surface area contributed by atoms with Crippen molar-refractivity contribution in [3.63, 3.8) is 0 Å². The van der Waals surface area contributed by atoms with Crippen LogP contribution in [-0.2, 0) is 24.3 Å². The van der Waals surface area contributed by atoms with E-state index in [0.717, 1.165) is 5.56 Å². The van der Waals surface area contributed by atoms with Gasteiger partial charge in [0.1, 0.15) is 18.3 Å². The van der Waals surface area contributed by atoms with Gasteiger partial charge in [-0.3, -0.25) is 4.79 Å². The minimum absolute atomic E-state index is 0.218. The molecule has 1 aliphatic heterocycles. The van der Waals surface area contributed by atoms with Crippen molar-refractivity contribution in [2.45, 2.75) is 56.9 Å². The number of hydrogen-bond acceptors (Lipinski definition) is 5. The Kier molecular flexibility index (Phi) is 4.89. The zero-order valence-electron chi connectivity index (χ0n) is 13.1. The number of ether oxygens (including phenoxy) is 2. The third-order valence-electron chi connectivity index (χ3n) is 3.54. The largest absolute Gasteiger partial charge is 0.460 e. The molecule has 1 saturated heterocycles. The first-order chi connectivity index (χ1) is 10.2. The molecule has 7 heteroatoms. The molecule has 4 atom stereocenters. The number of benzene rings is 1. The van der Waals surface area contributed by atoms with Gasteiger partial charge >= 0.3 is 5.97 Å². The maximum Gasteiger partial charge on any atom is 0.302 e. The van der Waals surface area contributed by atoms with Crippen molar-refractivity contribution in [3.05, 3.63) is 29.8 Å². The molecule has 1 fully saturated rings. The maximum absolute atomic E-state index is 12.3. The molecule has 0 aromatic heterocycles. The molecule has 22 heavy (non-hydrogen) atoms. The topological polar surface area (TPSA) is 85.0 Å². The molecular formula is C15H21NO5S. The van der Waals surface area contributed by atoms with E-state index in [4.69, 9.17) is 9.47 Å². The maximum atomic E-state index is 12.3. The van der Waals surface area contributed by atoms with Gasteiger partial charge in [-0.15, -0.1) is 0 Å². The molecular weight excluding hydrogens is 306 g/mol. The normalized spacial score (nSPS) is 23.6. The van der Waals surface area contributed by atoms with E-state index in [2.05, 4.69) is 4.72 Å². The molecule has 1 aromatic rings. The van der Waals surface area contributed by atoms with Crippen LogP contribution >= 0.6 is 0 Å². The van der Waals surface area contributed by atoms with E-state index in [9.17, 15) is 13.2 Å². The second-order valence-electron chi connectivity index (χ2n) is 5.60. The number of hydrogen-bond donors (Lipinski definition) is 1. The van der Waals surface area contributed by atoms with Gasteiger partial charge in [0.15, 0.2) is 0 Å². The van der Waals surface area contributed by atoms with E-state index in [1.165, 1.54) is 6.92 Å². The Labute approximate surface area is 130 Å². The summed E-state index contributed by atoms with van der Waals surface area (Å²) in [4.78, 5) is 11.1. The van der Waals surface area contributed by atoms with Gasteiger partial charge in [-0.05, 0) is 32.9 Å². The Morgan fingerprint density at radius 3 is 2.36 bits per heavy atom. The predicted octanol–water partition coefficient (Wildman–Crippen LogP) is 1.38. The van der Waals surface area contributed by atoms with E-state index < -0.39 is 22.2 Å². The Balaban J connectivity index is 1.96. The molecule has 0 unspecified atom stereocenters. The summed E-state index contributed by atoms with van der Waals surface area (Å²) < 4.78 is 37.7. The van der Waals surface area contributed by atoms with Crippen LogP contribution in [0.2, 0.25) is 0 Å². The van der Waals surface area contributed by atoms with E-state index in [1.54, 1.807) is 38.1 Å². The first-order valence-electron chi connectivity index (χ1n) is 7.12. The summed E-state index contributed by atoms with van der Waals surface area (Å²) in [6.45, 7) is 6.69. The summed E-state index contributed by atoms with van der Waals surface area (Å²) in [7, 11) is -3.59. The number of aryl methyl sites for hydroxylation is 1. The Hall–Kier alpha value is -1.44. The van der Waals surface area contributed by atoms with Gasteiger partial charge < -0.3 is 9.47 Å².